The molecule has 0 saturated carbocycles. The number of aliphatic hydroxyl groups excluding tert-OH is 1. The van der Waals surface area contributed by atoms with Crippen LogP contribution in [0.5, 0.6) is 0 Å². The summed E-state index contributed by atoms with van der Waals surface area (Å²) in [7, 11) is 1.91. The predicted molar refractivity (Wildman–Crippen MR) is 75.2 cm³/mol. The van der Waals surface area contributed by atoms with Gasteiger partial charge in [-0.1, -0.05) is 18.2 Å². The zero-order chi connectivity index (χ0) is 13.7. The molecular weight excluding hydrogens is 240 g/mol. The van der Waals surface area contributed by atoms with E-state index in [1.807, 2.05) is 36.2 Å². The van der Waals surface area contributed by atoms with Gasteiger partial charge in [0.25, 0.3) is 5.91 Å². The quantitative estimate of drug-likeness (QED) is 0.829. The van der Waals surface area contributed by atoms with Crippen LogP contribution in [0.2, 0.25) is 0 Å². The topological polar surface area (TPSA) is 52.6 Å². The van der Waals surface area contributed by atoms with Crippen molar-refractivity contribution in [2.45, 2.75) is 12.8 Å². The molecule has 1 aromatic rings. The zero-order valence-electron chi connectivity index (χ0n) is 11.4. The summed E-state index contributed by atoms with van der Waals surface area (Å²) in [5.74, 6) is 0.344. The Hall–Kier alpha value is -1.39. The van der Waals surface area contributed by atoms with Crippen LogP contribution < -0.4 is 5.32 Å². The van der Waals surface area contributed by atoms with Crippen molar-refractivity contribution in [2.75, 3.05) is 33.3 Å². The van der Waals surface area contributed by atoms with Gasteiger partial charge in [-0.25, -0.2) is 0 Å². The van der Waals surface area contributed by atoms with E-state index in [2.05, 4.69) is 5.32 Å². The molecule has 104 valence electrons. The van der Waals surface area contributed by atoms with Gasteiger partial charge in [-0.2, -0.15) is 0 Å². The van der Waals surface area contributed by atoms with Crippen LogP contribution in [0.25, 0.3) is 0 Å². The molecule has 1 fully saturated rings. The molecule has 2 N–H and O–H groups in total. The van der Waals surface area contributed by atoms with Crippen molar-refractivity contribution in [3.8, 4) is 0 Å². The maximum absolute atomic E-state index is 12.5. The molecule has 0 radical (unpaired) electrons. The van der Waals surface area contributed by atoms with Crippen LogP contribution in [0.3, 0.4) is 0 Å². The summed E-state index contributed by atoms with van der Waals surface area (Å²) in [6, 6.07) is 7.81. The molecule has 0 bridgehead atoms. The second kappa shape index (κ2) is 6.68. The van der Waals surface area contributed by atoms with Crippen LogP contribution in [0, 0.1) is 5.92 Å². The summed E-state index contributed by atoms with van der Waals surface area (Å²) in [5.41, 5.74) is 1.89. The van der Waals surface area contributed by atoms with Gasteiger partial charge in [0.05, 0.1) is 0 Å². The van der Waals surface area contributed by atoms with Crippen LogP contribution in [-0.4, -0.2) is 49.2 Å². The van der Waals surface area contributed by atoms with Crippen LogP contribution in [0.1, 0.15) is 22.3 Å². The molecule has 4 nitrogen and oxygen atoms in total. The summed E-state index contributed by atoms with van der Waals surface area (Å²) in [6.45, 7) is 2.47. The first-order valence-corrected chi connectivity index (χ1v) is 6.89. The van der Waals surface area contributed by atoms with Crippen molar-refractivity contribution in [3.63, 3.8) is 0 Å². The Morgan fingerprint density at radius 1 is 1.47 bits per heavy atom. The van der Waals surface area contributed by atoms with Crippen LogP contribution >= 0.6 is 0 Å². The highest BCUT2D eigenvalue weighted by Crippen LogP contribution is 2.20. The number of aliphatic hydroxyl groups is 1. The van der Waals surface area contributed by atoms with E-state index in [4.69, 9.17) is 5.11 Å². The minimum atomic E-state index is 0.0997. The van der Waals surface area contributed by atoms with Gasteiger partial charge in [0.2, 0.25) is 0 Å². The van der Waals surface area contributed by atoms with E-state index in [0.717, 1.165) is 37.1 Å². The highest BCUT2D eigenvalue weighted by molar-refractivity contribution is 5.95. The molecule has 1 unspecified atom stereocenters. The number of carbonyl (C=O) groups is 1. The Bertz CT molecular complexity index is 434. The molecule has 0 aliphatic carbocycles. The fourth-order valence-electron chi connectivity index (χ4n) is 2.54. The Morgan fingerprint density at radius 2 is 2.26 bits per heavy atom. The lowest BCUT2D eigenvalue weighted by Crippen LogP contribution is -2.30. The van der Waals surface area contributed by atoms with Gasteiger partial charge in [-0.15, -0.1) is 0 Å². The Morgan fingerprint density at radius 3 is 2.95 bits per heavy atom. The van der Waals surface area contributed by atoms with E-state index in [-0.39, 0.29) is 18.4 Å². The first kappa shape index (κ1) is 14.0. The number of likely N-dealkylation sites (N-methyl/N-ethyl adjacent to an activating group) is 1. The van der Waals surface area contributed by atoms with Crippen LogP contribution in [0.4, 0.5) is 0 Å². The first-order valence-electron chi connectivity index (χ1n) is 6.89. The highest BCUT2D eigenvalue weighted by Gasteiger charge is 2.27. The van der Waals surface area contributed by atoms with Crippen molar-refractivity contribution in [2.24, 2.45) is 5.92 Å². The van der Waals surface area contributed by atoms with Gasteiger partial charge in [-0.05, 0) is 38.1 Å². The maximum Gasteiger partial charge on any atom is 0.254 e. The first-order chi connectivity index (χ1) is 9.26. The molecule has 2 rings (SSSR count). The SMILES string of the molecule is CNCCc1ccccc1C(=O)N1CCC(CO)C1. The molecule has 1 aromatic carbocycles. The fourth-order valence-corrected chi connectivity index (χ4v) is 2.54. The molecule has 1 aliphatic rings. The van der Waals surface area contributed by atoms with Gasteiger partial charge in [-0.3, -0.25) is 4.79 Å². The predicted octanol–water partition coefficient (Wildman–Crippen LogP) is 0.903. The largest absolute Gasteiger partial charge is 0.396 e. The number of amides is 1. The fraction of sp³-hybridized carbons (Fsp3) is 0.533. The van der Waals surface area contributed by atoms with E-state index in [1.165, 1.54) is 0 Å². The van der Waals surface area contributed by atoms with E-state index < -0.39 is 0 Å². The van der Waals surface area contributed by atoms with E-state index >= 15 is 0 Å². The number of hydrogen-bond acceptors (Lipinski definition) is 3. The normalized spacial score (nSPS) is 18.8. The number of benzene rings is 1. The van der Waals surface area contributed by atoms with Crippen LogP contribution in [-0.2, 0) is 6.42 Å². The van der Waals surface area contributed by atoms with Crippen molar-refractivity contribution >= 4 is 5.91 Å². The molecular formula is C15H22N2O2. The summed E-state index contributed by atoms with van der Waals surface area (Å²) >= 11 is 0. The highest BCUT2D eigenvalue weighted by atomic mass is 16.3. The number of carbonyl (C=O) groups excluding carboxylic acids is 1. The smallest absolute Gasteiger partial charge is 0.254 e. The van der Waals surface area contributed by atoms with Crippen molar-refractivity contribution < 1.29 is 9.90 Å². The molecule has 0 spiro atoms. The molecule has 0 aromatic heterocycles. The van der Waals surface area contributed by atoms with Gasteiger partial charge in [0, 0.05) is 31.2 Å². The summed E-state index contributed by atoms with van der Waals surface area (Å²) < 4.78 is 0. The van der Waals surface area contributed by atoms with Crippen LogP contribution in [0.15, 0.2) is 24.3 Å². The monoisotopic (exact) mass is 262 g/mol. The van der Waals surface area contributed by atoms with Gasteiger partial charge in [0.1, 0.15) is 0 Å². The Kier molecular flexibility index (Phi) is 4.93. The molecule has 1 amide bonds. The summed E-state index contributed by atoms with van der Waals surface area (Å²) in [5, 5.41) is 12.3. The lowest BCUT2D eigenvalue weighted by molar-refractivity contribution is 0.0781. The molecule has 19 heavy (non-hydrogen) atoms. The van der Waals surface area contributed by atoms with Gasteiger partial charge < -0.3 is 15.3 Å². The average molecular weight is 262 g/mol. The molecule has 1 saturated heterocycles. The molecule has 1 heterocycles. The lowest BCUT2D eigenvalue weighted by atomic mass is 10.0. The third-order valence-corrected chi connectivity index (χ3v) is 3.72. The maximum atomic E-state index is 12.5. The number of nitrogens with zero attached hydrogens (tertiary/aromatic N) is 1. The Labute approximate surface area is 114 Å². The van der Waals surface area contributed by atoms with E-state index in [1.54, 1.807) is 0 Å². The number of hydrogen-bond donors (Lipinski definition) is 2. The summed E-state index contributed by atoms with van der Waals surface area (Å²) in [4.78, 5) is 14.4. The third-order valence-electron chi connectivity index (χ3n) is 3.72. The Balaban J connectivity index is 2.10. The van der Waals surface area contributed by atoms with E-state index in [9.17, 15) is 4.79 Å². The molecule has 1 aliphatic heterocycles. The third kappa shape index (κ3) is 3.33. The minimum Gasteiger partial charge on any atom is -0.396 e. The molecule has 1 atom stereocenters. The number of rotatable bonds is 5. The average Bonchev–Trinajstić information content (AvgIpc) is 2.93. The van der Waals surface area contributed by atoms with Crippen molar-refractivity contribution in [3.05, 3.63) is 35.4 Å². The van der Waals surface area contributed by atoms with Gasteiger partial charge in [0.15, 0.2) is 0 Å². The second-order valence-corrected chi connectivity index (χ2v) is 5.10. The zero-order valence-corrected chi connectivity index (χ0v) is 11.4. The number of nitrogens with one attached hydrogen (secondary N) is 1. The standard InChI is InChI=1S/C15H22N2O2/c1-16-8-6-13-4-2-3-5-14(13)15(19)17-9-7-12(10-17)11-18/h2-5,12,16,18H,6-11H2,1H3. The molecule has 4 heteroatoms. The minimum absolute atomic E-state index is 0.0997. The van der Waals surface area contributed by atoms with Crippen molar-refractivity contribution in [1.29, 1.82) is 0 Å². The van der Waals surface area contributed by atoms with E-state index in [0.29, 0.717) is 6.54 Å². The summed E-state index contributed by atoms with van der Waals surface area (Å²) in [6.07, 6.45) is 1.76. The van der Waals surface area contributed by atoms with Gasteiger partial charge >= 0.3 is 0 Å². The van der Waals surface area contributed by atoms with Crippen molar-refractivity contribution in [1.82, 2.24) is 10.2 Å². The lowest BCUT2D eigenvalue weighted by Gasteiger charge is -2.18. The second-order valence-electron chi connectivity index (χ2n) is 5.10. The number of likely N-dealkylation sites (tertiary alicyclic amines) is 1.